The highest BCUT2D eigenvalue weighted by Gasteiger charge is 2.23. The van der Waals surface area contributed by atoms with E-state index < -0.39 is 5.97 Å². The molecule has 2 rings (SSSR count). The number of nitrogens with one attached hydrogen (secondary N) is 3. The predicted molar refractivity (Wildman–Crippen MR) is 115 cm³/mol. The van der Waals surface area contributed by atoms with Crippen LogP contribution in [-0.2, 0) is 14.3 Å². The Balaban J connectivity index is 1.97. The molecular weight excluding hydrogens is 390 g/mol. The summed E-state index contributed by atoms with van der Waals surface area (Å²) in [5.41, 5.74) is 3.97. The van der Waals surface area contributed by atoms with Crippen LogP contribution in [0.1, 0.15) is 31.9 Å². The lowest BCUT2D eigenvalue weighted by Gasteiger charge is -2.15. The van der Waals surface area contributed by atoms with E-state index in [0.717, 1.165) is 32.2 Å². The van der Waals surface area contributed by atoms with Gasteiger partial charge < -0.3 is 20.3 Å². The van der Waals surface area contributed by atoms with Crippen LogP contribution >= 0.6 is 11.3 Å². The minimum atomic E-state index is -0.476. The summed E-state index contributed by atoms with van der Waals surface area (Å²) in [5.74, 6) is -0.907. The van der Waals surface area contributed by atoms with Crippen LogP contribution in [0.3, 0.4) is 0 Å². The molecule has 0 aliphatic carbocycles. The highest BCUT2D eigenvalue weighted by Crippen LogP contribution is 2.32. The predicted octanol–water partition coefficient (Wildman–Crippen LogP) is 1.86. The molecule has 2 amide bonds. The monoisotopic (exact) mass is 418 g/mol. The third kappa shape index (κ3) is 5.65. The Labute approximate surface area is 175 Å². The number of aryl methyl sites for hydroxylation is 3. The Morgan fingerprint density at radius 2 is 1.55 bits per heavy atom. The summed E-state index contributed by atoms with van der Waals surface area (Å²) in [5, 5.41) is 6.19. The zero-order chi connectivity index (χ0) is 21.7. The highest BCUT2D eigenvalue weighted by molar-refractivity contribution is 7.16. The minimum Gasteiger partial charge on any atom is -0.465 e. The topological polar surface area (TPSA) is 88.9 Å². The maximum absolute atomic E-state index is 12.4. The van der Waals surface area contributed by atoms with Crippen LogP contribution in [0.5, 0.6) is 0 Å². The molecule has 3 N–H and O–H groups in total. The molecule has 0 spiro atoms. The second-order valence-electron chi connectivity index (χ2n) is 7.15. The van der Waals surface area contributed by atoms with Crippen LogP contribution in [0.15, 0.2) is 18.2 Å². The van der Waals surface area contributed by atoms with E-state index in [2.05, 4.69) is 10.6 Å². The fourth-order valence-electron chi connectivity index (χ4n) is 3.04. The molecule has 0 saturated carbocycles. The molecular formula is C21H28N3O4S+. The van der Waals surface area contributed by atoms with Gasteiger partial charge in [-0.3, -0.25) is 9.59 Å². The second kappa shape index (κ2) is 9.67. The first-order chi connectivity index (χ1) is 13.6. The number of hydrogen-bond acceptors (Lipinski definition) is 5. The first kappa shape index (κ1) is 22.6. The van der Waals surface area contributed by atoms with Gasteiger partial charge in [-0.15, -0.1) is 11.3 Å². The van der Waals surface area contributed by atoms with Crippen molar-refractivity contribution in [2.45, 2.75) is 27.7 Å². The van der Waals surface area contributed by atoms with Gasteiger partial charge in [0.2, 0.25) is 0 Å². The molecule has 0 aliphatic heterocycles. The first-order valence-electron chi connectivity index (χ1n) is 9.29. The molecule has 0 fully saturated rings. The average Bonchev–Trinajstić information content (AvgIpc) is 2.91. The second-order valence-corrected chi connectivity index (χ2v) is 8.38. The van der Waals surface area contributed by atoms with Crippen LogP contribution in [0.25, 0.3) is 0 Å². The maximum Gasteiger partial charge on any atom is 0.341 e. The van der Waals surface area contributed by atoms with Gasteiger partial charge in [-0.2, -0.15) is 0 Å². The number of carbonyl (C=O) groups is 3. The number of carbonyl (C=O) groups excluding carboxylic acids is 3. The summed E-state index contributed by atoms with van der Waals surface area (Å²) in [6, 6.07) is 5.83. The number of quaternary nitrogens is 1. The minimum absolute atomic E-state index is 0.0940. The van der Waals surface area contributed by atoms with Gasteiger partial charge in [-0.1, -0.05) is 18.2 Å². The zero-order valence-corrected chi connectivity index (χ0v) is 18.5. The molecule has 1 aromatic heterocycles. The van der Waals surface area contributed by atoms with Gasteiger partial charge >= 0.3 is 5.97 Å². The molecule has 2 aromatic rings. The highest BCUT2D eigenvalue weighted by atomic mass is 32.1. The molecule has 7 nitrogen and oxygen atoms in total. The van der Waals surface area contributed by atoms with E-state index in [0.29, 0.717) is 10.6 Å². The molecule has 1 atom stereocenters. The number of hydrogen-bond donors (Lipinski definition) is 3. The third-order valence-corrected chi connectivity index (χ3v) is 5.82. The van der Waals surface area contributed by atoms with Crippen molar-refractivity contribution in [2.24, 2.45) is 0 Å². The Bertz CT molecular complexity index is 916. The Morgan fingerprint density at radius 3 is 2.10 bits per heavy atom. The van der Waals surface area contributed by atoms with Crippen molar-refractivity contribution in [3.05, 3.63) is 45.3 Å². The van der Waals surface area contributed by atoms with Crippen LogP contribution in [-0.4, -0.2) is 45.0 Å². The number of thiophene rings is 1. The van der Waals surface area contributed by atoms with Gasteiger partial charge in [0.25, 0.3) is 11.8 Å². The number of esters is 1. The fourth-order valence-corrected chi connectivity index (χ4v) is 4.10. The standard InChI is InChI=1S/C21H27N3O4S/c1-12-8-7-9-13(2)19(12)22-16(25)10-24(5)11-17(26)23-20-18(21(27)28-6)14(3)15(4)29-20/h7-9H,10-11H2,1-6H3,(H,22,25)(H,23,26)/p+1. The molecule has 29 heavy (non-hydrogen) atoms. The van der Waals surface area contributed by atoms with Gasteiger partial charge in [0.15, 0.2) is 13.1 Å². The van der Waals surface area contributed by atoms with Crippen LogP contribution in [0, 0.1) is 27.7 Å². The number of amides is 2. The third-order valence-electron chi connectivity index (χ3n) is 4.70. The molecule has 0 saturated heterocycles. The smallest absolute Gasteiger partial charge is 0.341 e. The van der Waals surface area contributed by atoms with Gasteiger partial charge in [0, 0.05) is 10.6 Å². The Morgan fingerprint density at radius 1 is 1.00 bits per heavy atom. The first-order valence-corrected chi connectivity index (χ1v) is 10.1. The average molecular weight is 419 g/mol. The Hall–Kier alpha value is -2.71. The number of rotatable bonds is 7. The lowest BCUT2D eigenvalue weighted by Crippen LogP contribution is -3.11. The van der Waals surface area contributed by atoms with Gasteiger partial charge in [-0.25, -0.2) is 4.79 Å². The molecule has 8 heteroatoms. The van der Waals surface area contributed by atoms with Gasteiger partial charge in [-0.05, 0) is 44.4 Å². The molecule has 0 bridgehead atoms. The largest absolute Gasteiger partial charge is 0.465 e. The molecule has 0 radical (unpaired) electrons. The van der Waals surface area contributed by atoms with E-state index in [4.69, 9.17) is 4.74 Å². The number of ether oxygens (including phenoxy) is 1. The molecule has 1 heterocycles. The number of methoxy groups -OCH3 is 1. The maximum atomic E-state index is 12.4. The number of likely N-dealkylation sites (N-methyl/N-ethyl adjacent to an activating group) is 1. The van der Waals surface area contributed by atoms with E-state index in [-0.39, 0.29) is 24.9 Å². The van der Waals surface area contributed by atoms with E-state index in [9.17, 15) is 14.4 Å². The van der Waals surface area contributed by atoms with E-state index in [1.165, 1.54) is 18.4 Å². The molecule has 1 aromatic carbocycles. The zero-order valence-electron chi connectivity index (χ0n) is 17.7. The normalized spacial score (nSPS) is 11.7. The summed E-state index contributed by atoms with van der Waals surface area (Å²) in [6.07, 6.45) is 0. The SMILES string of the molecule is COC(=O)c1c(NC(=O)C[NH+](C)CC(=O)Nc2c(C)cccc2C)sc(C)c1C. The van der Waals surface area contributed by atoms with Crippen LogP contribution in [0.2, 0.25) is 0 Å². The summed E-state index contributed by atoms with van der Waals surface area (Å²) >= 11 is 1.34. The van der Waals surface area contributed by atoms with Gasteiger partial charge in [0.05, 0.1) is 19.7 Å². The lowest BCUT2D eigenvalue weighted by atomic mass is 10.1. The Kier molecular flexibility index (Phi) is 7.53. The fraction of sp³-hybridized carbons (Fsp3) is 0.381. The number of anilines is 2. The van der Waals surface area contributed by atoms with Crippen molar-refractivity contribution in [1.82, 2.24) is 0 Å². The molecule has 156 valence electrons. The number of para-hydroxylation sites is 1. The lowest BCUT2D eigenvalue weighted by molar-refractivity contribution is -0.862. The van der Waals surface area contributed by atoms with Crippen molar-refractivity contribution >= 4 is 39.8 Å². The summed E-state index contributed by atoms with van der Waals surface area (Å²) in [4.78, 5) is 38.5. The summed E-state index contributed by atoms with van der Waals surface area (Å²) < 4.78 is 4.82. The summed E-state index contributed by atoms with van der Waals surface area (Å²) in [6.45, 7) is 7.83. The van der Waals surface area contributed by atoms with Crippen LogP contribution < -0.4 is 15.5 Å². The van der Waals surface area contributed by atoms with Crippen molar-refractivity contribution in [3.63, 3.8) is 0 Å². The van der Waals surface area contributed by atoms with Gasteiger partial charge in [0.1, 0.15) is 5.00 Å². The number of benzene rings is 1. The van der Waals surface area contributed by atoms with Crippen molar-refractivity contribution in [1.29, 1.82) is 0 Å². The van der Waals surface area contributed by atoms with Crippen molar-refractivity contribution in [3.8, 4) is 0 Å². The van der Waals surface area contributed by atoms with E-state index in [1.54, 1.807) is 7.05 Å². The molecule has 0 aliphatic rings. The summed E-state index contributed by atoms with van der Waals surface area (Å²) in [7, 11) is 3.09. The quantitative estimate of drug-likeness (QED) is 0.599. The van der Waals surface area contributed by atoms with E-state index >= 15 is 0 Å². The van der Waals surface area contributed by atoms with Crippen molar-refractivity contribution < 1.29 is 24.0 Å². The van der Waals surface area contributed by atoms with Crippen LogP contribution in [0.4, 0.5) is 10.7 Å². The molecule has 1 unspecified atom stereocenters. The van der Waals surface area contributed by atoms with Crippen molar-refractivity contribution in [2.75, 3.05) is 37.9 Å². The van der Waals surface area contributed by atoms with E-state index in [1.807, 2.05) is 45.9 Å².